The largest absolute Gasteiger partial charge is 1.00 e. The minimum atomic E-state index is -1.46. The number of aryl methyl sites for hydroxylation is 2. The van der Waals surface area contributed by atoms with Gasteiger partial charge in [0.15, 0.2) is 0 Å². The van der Waals surface area contributed by atoms with Crippen molar-refractivity contribution < 1.29 is 43.7 Å². The van der Waals surface area contributed by atoms with Crippen LogP contribution in [0.4, 0.5) is 0 Å². The number of hydrogen-bond donors (Lipinski definition) is 2. The van der Waals surface area contributed by atoms with E-state index in [2.05, 4.69) is 6.58 Å². The van der Waals surface area contributed by atoms with Gasteiger partial charge in [0.05, 0.1) is 19.2 Å². The zero-order chi connectivity index (χ0) is 19.3. The Morgan fingerprint density at radius 3 is 2.41 bits per heavy atom. The summed E-state index contributed by atoms with van der Waals surface area (Å²) in [5.74, 6) is -1.55. The predicted octanol–water partition coefficient (Wildman–Crippen LogP) is -0.967. The Balaban J connectivity index is 0.00000364. The first kappa shape index (κ1) is 22.8. The molecule has 138 valence electrons. The summed E-state index contributed by atoms with van der Waals surface area (Å²) in [6.07, 6.45) is 0.0984. The van der Waals surface area contributed by atoms with Crippen LogP contribution in [0.2, 0.25) is 0 Å². The molecule has 0 aliphatic rings. The van der Waals surface area contributed by atoms with E-state index < -0.39 is 17.8 Å². The van der Waals surface area contributed by atoms with Crippen LogP contribution in [0.5, 0.6) is 11.5 Å². The first-order valence-electron chi connectivity index (χ1n) is 8.35. The second-order valence-electron chi connectivity index (χ2n) is 6.28. The van der Waals surface area contributed by atoms with E-state index in [0.29, 0.717) is 29.7 Å². The van der Waals surface area contributed by atoms with E-state index in [1.807, 2.05) is 30.3 Å². The number of carbonyl (C=O) groups excluding carboxylic acids is 1. The molecule has 1 unspecified atom stereocenters. The van der Waals surface area contributed by atoms with Crippen LogP contribution in [0.15, 0.2) is 48.6 Å². The predicted molar refractivity (Wildman–Crippen MR) is 97.4 cm³/mol. The molecule has 0 fully saturated rings. The van der Waals surface area contributed by atoms with Crippen LogP contribution in [0, 0.1) is 0 Å². The zero-order valence-corrected chi connectivity index (χ0v) is 16.0. The molecule has 0 radical (unpaired) electrons. The van der Waals surface area contributed by atoms with Gasteiger partial charge in [0.25, 0.3) is 0 Å². The van der Waals surface area contributed by atoms with E-state index >= 15 is 0 Å². The number of benzene rings is 2. The van der Waals surface area contributed by atoms with E-state index in [9.17, 15) is 20.1 Å². The average Bonchev–Trinajstić information content (AvgIpc) is 2.61. The SMILES string of the molecule is C=C(C)C(O)Cc1c(OC)cc(CCc2ccccc2)c(C(=O)[O-])c1O.[Li+]. The van der Waals surface area contributed by atoms with Gasteiger partial charge < -0.3 is 24.9 Å². The molecule has 0 aliphatic carbocycles. The van der Waals surface area contributed by atoms with Crippen LogP contribution < -0.4 is 28.7 Å². The summed E-state index contributed by atoms with van der Waals surface area (Å²) in [5.41, 5.74) is 1.96. The summed E-state index contributed by atoms with van der Waals surface area (Å²) in [5, 5.41) is 32.2. The van der Waals surface area contributed by atoms with Gasteiger partial charge in [0.1, 0.15) is 11.5 Å². The summed E-state index contributed by atoms with van der Waals surface area (Å²) in [6, 6.07) is 11.2. The van der Waals surface area contributed by atoms with Crippen LogP contribution in [-0.4, -0.2) is 29.4 Å². The molecule has 2 aromatic carbocycles. The quantitative estimate of drug-likeness (QED) is 0.466. The summed E-state index contributed by atoms with van der Waals surface area (Å²) in [6.45, 7) is 5.33. The number of ether oxygens (including phenoxy) is 1. The van der Waals surface area contributed by atoms with Gasteiger partial charge in [0, 0.05) is 17.5 Å². The fourth-order valence-corrected chi connectivity index (χ4v) is 2.83. The van der Waals surface area contributed by atoms with Crippen molar-refractivity contribution in [3.63, 3.8) is 0 Å². The maximum absolute atomic E-state index is 11.6. The van der Waals surface area contributed by atoms with E-state index in [0.717, 1.165) is 5.56 Å². The molecule has 0 heterocycles. The summed E-state index contributed by atoms with van der Waals surface area (Å²) >= 11 is 0. The molecule has 2 aromatic rings. The maximum Gasteiger partial charge on any atom is 1.00 e. The Bertz CT molecular complexity index is 802. The Kier molecular flexibility index (Phi) is 8.65. The summed E-state index contributed by atoms with van der Waals surface area (Å²) < 4.78 is 5.32. The van der Waals surface area contributed by atoms with Crippen molar-refractivity contribution in [3.05, 3.63) is 70.8 Å². The molecule has 6 heteroatoms. The van der Waals surface area contributed by atoms with E-state index in [1.165, 1.54) is 7.11 Å². The van der Waals surface area contributed by atoms with Crippen LogP contribution in [0.1, 0.15) is 34.0 Å². The number of methoxy groups -OCH3 is 1. The van der Waals surface area contributed by atoms with Crippen molar-refractivity contribution in [2.45, 2.75) is 32.3 Å². The average molecular weight is 362 g/mol. The number of rotatable bonds is 8. The Labute approximate surface area is 171 Å². The number of aliphatic hydroxyl groups excluding tert-OH is 1. The molecular weight excluding hydrogens is 339 g/mol. The Morgan fingerprint density at radius 2 is 1.89 bits per heavy atom. The minimum Gasteiger partial charge on any atom is -0.545 e. The van der Waals surface area contributed by atoms with Crippen molar-refractivity contribution in [1.82, 2.24) is 0 Å². The van der Waals surface area contributed by atoms with Crippen LogP contribution in [-0.2, 0) is 19.3 Å². The van der Waals surface area contributed by atoms with E-state index in [-0.39, 0.29) is 36.4 Å². The molecule has 0 aromatic heterocycles. The van der Waals surface area contributed by atoms with Gasteiger partial charge in [-0.15, -0.1) is 0 Å². The Hall–Kier alpha value is -2.19. The standard InChI is InChI=1S/C21H24O5.Li/c1-13(2)17(22)12-16-18(26-3)11-15(19(20(16)23)21(24)25)10-9-14-7-5-4-6-8-14;/h4-8,11,17,22-23H,1,9-10,12H2,2-3H3,(H,24,25);/q;+1/p-1. The van der Waals surface area contributed by atoms with E-state index in [1.54, 1.807) is 13.0 Å². The number of aliphatic hydroxyl groups is 1. The fourth-order valence-electron chi connectivity index (χ4n) is 2.83. The topological polar surface area (TPSA) is 89.8 Å². The third-order valence-electron chi connectivity index (χ3n) is 4.36. The summed E-state index contributed by atoms with van der Waals surface area (Å²) in [7, 11) is 1.44. The normalized spacial score (nSPS) is 11.4. The van der Waals surface area contributed by atoms with Gasteiger partial charge in [0.2, 0.25) is 0 Å². The second-order valence-corrected chi connectivity index (χ2v) is 6.28. The number of aromatic carboxylic acids is 1. The monoisotopic (exact) mass is 362 g/mol. The molecule has 0 saturated heterocycles. The van der Waals surface area contributed by atoms with Gasteiger partial charge >= 0.3 is 18.9 Å². The van der Waals surface area contributed by atoms with Crippen molar-refractivity contribution in [1.29, 1.82) is 0 Å². The molecule has 0 saturated carbocycles. The van der Waals surface area contributed by atoms with Gasteiger partial charge in [-0.25, -0.2) is 0 Å². The number of hydrogen-bond acceptors (Lipinski definition) is 5. The van der Waals surface area contributed by atoms with Crippen LogP contribution in [0.25, 0.3) is 0 Å². The molecule has 0 aliphatic heterocycles. The van der Waals surface area contributed by atoms with Gasteiger partial charge in [-0.2, -0.15) is 0 Å². The first-order chi connectivity index (χ1) is 12.3. The second kappa shape index (κ2) is 10.2. The molecule has 27 heavy (non-hydrogen) atoms. The number of aromatic hydroxyl groups is 1. The maximum atomic E-state index is 11.6. The molecule has 1 atom stereocenters. The first-order valence-corrected chi connectivity index (χ1v) is 8.35. The smallest absolute Gasteiger partial charge is 0.545 e. The fraction of sp³-hybridized carbons (Fsp3) is 0.286. The molecule has 2 rings (SSSR count). The van der Waals surface area contributed by atoms with Gasteiger partial charge in [-0.1, -0.05) is 42.5 Å². The van der Waals surface area contributed by atoms with Crippen molar-refractivity contribution in [2.75, 3.05) is 7.11 Å². The van der Waals surface area contributed by atoms with E-state index in [4.69, 9.17) is 4.74 Å². The molecule has 2 N–H and O–H groups in total. The van der Waals surface area contributed by atoms with Crippen LogP contribution >= 0.6 is 0 Å². The van der Waals surface area contributed by atoms with Crippen molar-refractivity contribution >= 4 is 5.97 Å². The minimum absolute atomic E-state index is 0. The third kappa shape index (κ3) is 5.64. The summed E-state index contributed by atoms with van der Waals surface area (Å²) in [4.78, 5) is 11.6. The molecule has 0 bridgehead atoms. The number of carboxylic acid groups (broad SMARTS) is 1. The van der Waals surface area contributed by atoms with Crippen molar-refractivity contribution in [2.24, 2.45) is 0 Å². The molecule has 0 amide bonds. The molecular formula is C21H23LiO5. The molecule has 5 nitrogen and oxygen atoms in total. The Morgan fingerprint density at radius 1 is 1.26 bits per heavy atom. The number of carbonyl (C=O) groups is 1. The van der Waals surface area contributed by atoms with Crippen molar-refractivity contribution in [3.8, 4) is 11.5 Å². The van der Waals surface area contributed by atoms with Gasteiger partial charge in [-0.3, -0.25) is 0 Å². The van der Waals surface area contributed by atoms with Crippen LogP contribution in [0.3, 0.4) is 0 Å². The number of carboxylic acids is 1. The number of phenols is 1. The third-order valence-corrected chi connectivity index (χ3v) is 4.36. The van der Waals surface area contributed by atoms with Gasteiger partial charge in [-0.05, 0) is 37.0 Å². The molecule has 0 spiro atoms. The zero-order valence-electron chi connectivity index (χ0n) is 16.0.